The maximum Gasteiger partial charge on any atom is 0.249 e. The molecular formula is C21H25N3O2. The molecule has 0 aromatic heterocycles. The number of carbonyl (C=O) groups excluding carboxylic acids is 1. The maximum atomic E-state index is 12.9. The van der Waals surface area contributed by atoms with Gasteiger partial charge in [-0.1, -0.05) is 31.2 Å². The highest BCUT2D eigenvalue weighted by Gasteiger charge is 2.21. The SMILES string of the molecule is CCCOc1cccc(NC(C)C(=O)N(CCC#N)c2ccccc2)c1. The molecule has 0 aliphatic heterocycles. The topological polar surface area (TPSA) is 65.4 Å². The summed E-state index contributed by atoms with van der Waals surface area (Å²) in [4.78, 5) is 14.6. The number of amides is 1. The Morgan fingerprint density at radius 2 is 2.00 bits per heavy atom. The van der Waals surface area contributed by atoms with Crippen LogP contribution in [0.1, 0.15) is 26.7 Å². The molecule has 0 aliphatic rings. The molecule has 2 aromatic carbocycles. The summed E-state index contributed by atoms with van der Waals surface area (Å²) in [6, 6.07) is 18.7. The summed E-state index contributed by atoms with van der Waals surface area (Å²) >= 11 is 0. The first-order chi connectivity index (χ1) is 12.7. The summed E-state index contributed by atoms with van der Waals surface area (Å²) in [7, 11) is 0. The van der Waals surface area contributed by atoms with Crippen molar-refractivity contribution in [2.45, 2.75) is 32.7 Å². The lowest BCUT2D eigenvalue weighted by Gasteiger charge is -2.26. The van der Waals surface area contributed by atoms with Crippen LogP contribution in [0.5, 0.6) is 5.75 Å². The fraction of sp³-hybridized carbons (Fsp3) is 0.333. The van der Waals surface area contributed by atoms with E-state index in [1.807, 2.05) is 61.5 Å². The van der Waals surface area contributed by atoms with E-state index in [-0.39, 0.29) is 12.3 Å². The molecule has 0 fully saturated rings. The van der Waals surface area contributed by atoms with Gasteiger partial charge in [-0.2, -0.15) is 5.26 Å². The fourth-order valence-electron chi connectivity index (χ4n) is 2.58. The Balaban J connectivity index is 2.09. The number of ether oxygens (including phenoxy) is 1. The number of anilines is 2. The van der Waals surface area contributed by atoms with Gasteiger partial charge in [0.2, 0.25) is 5.91 Å². The molecule has 1 N–H and O–H groups in total. The third kappa shape index (κ3) is 5.52. The van der Waals surface area contributed by atoms with Gasteiger partial charge in [0.05, 0.1) is 19.1 Å². The van der Waals surface area contributed by atoms with Crippen LogP contribution in [0.4, 0.5) is 11.4 Å². The average Bonchev–Trinajstić information content (AvgIpc) is 2.67. The van der Waals surface area contributed by atoms with Gasteiger partial charge in [-0.05, 0) is 37.6 Å². The monoisotopic (exact) mass is 351 g/mol. The van der Waals surface area contributed by atoms with Crippen LogP contribution in [-0.4, -0.2) is 25.1 Å². The number of hydrogen-bond acceptors (Lipinski definition) is 4. The van der Waals surface area contributed by atoms with Gasteiger partial charge in [0.1, 0.15) is 11.8 Å². The van der Waals surface area contributed by atoms with Crippen molar-refractivity contribution in [3.05, 3.63) is 54.6 Å². The number of para-hydroxylation sites is 1. The maximum absolute atomic E-state index is 12.9. The van der Waals surface area contributed by atoms with E-state index in [0.29, 0.717) is 13.2 Å². The number of nitrogens with zero attached hydrogens (tertiary/aromatic N) is 2. The zero-order valence-corrected chi connectivity index (χ0v) is 15.3. The predicted molar refractivity (Wildman–Crippen MR) is 104 cm³/mol. The first kappa shape index (κ1) is 19.3. The second-order valence-electron chi connectivity index (χ2n) is 5.98. The minimum atomic E-state index is -0.435. The highest BCUT2D eigenvalue weighted by molar-refractivity contribution is 5.98. The van der Waals surface area contributed by atoms with Crippen LogP contribution in [0.2, 0.25) is 0 Å². The molecular weight excluding hydrogens is 326 g/mol. The normalized spacial score (nSPS) is 11.3. The first-order valence-corrected chi connectivity index (χ1v) is 8.88. The summed E-state index contributed by atoms with van der Waals surface area (Å²) in [6.07, 6.45) is 1.23. The first-order valence-electron chi connectivity index (χ1n) is 8.88. The number of rotatable bonds is 9. The number of nitriles is 1. The van der Waals surface area contributed by atoms with Gasteiger partial charge in [0.15, 0.2) is 0 Å². The second kappa shape index (κ2) is 10.1. The van der Waals surface area contributed by atoms with Crippen molar-refractivity contribution >= 4 is 17.3 Å². The summed E-state index contributed by atoms with van der Waals surface area (Å²) in [5, 5.41) is 12.1. The molecule has 1 amide bonds. The Morgan fingerprint density at radius 1 is 1.23 bits per heavy atom. The molecule has 26 heavy (non-hydrogen) atoms. The Labute approximate surface area is 155 Å². The molecule has 2 aromatic rings. The van der Waals surface area contributed by atoms with E-state index in [2.05, 4.69) is 18.3 Å². The van der Waals surface area contributed by atoms with E-state index in [9.17, 15) is 4.79 Å². The smallest absolute Gasteiger partial charge is 0.249 e. The second-order valence-corrected chi connectivity index (χ2v) is 5.98. The molecule has 5 heteroatoms. The molecule has 0 heterocycles. The molecule has 0 aliphatic carbocycles. The summed E-state index contributed by atoms with van der Waals surface area (Å²) in [5.41, 5.74) is 1.62. The van der Waals surface area contributed by atoms with Gasteiger partial charge in [-0.25, -0.2) is 0 Å². The molecule has 1 atom stereocenters. The van der Waals surface area contributed by atoms with Crippen molar-refractivity contribution in [2.75, 3.05) is 23.4 Å². The van der Waals surface area contributed by atoms with Crippen LogP contribution < -0.4 is 15.0 Å². The van der Waals surface area contributed by atoms with E-state index in [0.717, 1.165) is 23.5 Å². The number of carbonyl (C=O) groups is 1. The van der Waals surface area contributed by atoms with E-state index in [4.69, 9.17) is 10.00 Å². The van der Waals surface area contributed by atoms with E-state index in [1.54, 1.807) is 4.90 Å². The van der Waals surface area contributed by atoms with E-state index < -0.39 is 6.04 Å². The predicted octanol–water partition coefficient (Wildman–Crippen LogP) is 4.22. The Kier molecular flexibility index (Phi) is 7.50. The zero-order valence-electron chi connectivity index (χ0n) is 15.3. The Hall–Kier alpha value is -3.00. The molecule has 0 saturated carbocycles. The number of benzene rings is 2. The molecule has 0 bridgehead atoms. The van der Waals surface area contributed by atoms with Crippen LogP contribution in [0, 0.1) is 11.3 Å². The minimum absolute atomic E-state index is 0.0775. The largest absolute Gasteiger partial charge is 0.494 e. The van der Waals surface area contributed by atoms with Crippen LogP contribution in [-0.2, 0) is 4.79 Å². The van der Waals surface area contributed by atoms with E-state index >= 15 is 0 Å². The third-order valence-corrected chi connectivity index (χ3v) is 3.84. The van der Waals surface area contributed by atoms with Gasteiger partial charge in [0, 0.05) is 24.0 Å². The molecule has 0 radical (unpaired) electrons. The van der Waals surface area contributed by atoms with Crippen molar-refractivity contribution in [1.82, 2.24) is 0 Å². The van der Waals surface area contributed by atoms with E-state index in [1.165, 1.54) is 0 Å². The average molecular weight is 351 g/mol. The van der Waals surface area contributed by atoms with Crippen molar-refractivity contribution < 1.29 is 9.53 Å². The van der Waals surface area contributed by atoms with Crippen LogP contribution in [0.3, 0.4) is 0 Å². The highest BCUT2D eigenvalue weighted by Crippen LogP contribution is 2.20. The fourth-order valence-corrected chi connectivity index (χ4v) is 2.58. The van der Waals surface area contributed by atoms with Crippen molar-refractivity contribution in [3.8, 4) is 11.8 Å². The van der Waals surface area contributed by atoms with Gasteiger partial charge >= 0.3 is 0 Å². The van der Waals surface area contributed by atoms with Crippen molar-refractivity contribution in [2.24, 2.45) is 0 Å². The van der Waals surface area contributed by atoms with Gasteiger partial charge < -0.3 is 15.0 Å². The molecule has 5 nitrogen and oxygen atoms in total. The third-order valence-electron chi connectivity index (χ3n) is 3.84. The number of nitrogens with one attached hydrogen (secondary N) is 1. The van der Waals surface area contributed by atoms with Crippen LogP contribution in [0.25, 0.3) is 0 Å². The molecule has 0 spiro atoms. The summed E-state index contributed by atoms with van der Waals surface area (Å²) < 4.78 is 5.64. The van der Waals surface area contributed by atoms with Crippen LogP contribution >= 0.6 is 0 Å². The van der Waals surface area contributed by atoms with Crippen molar-refractivity contribution in [3.63, 3.8) is 0 Å². The van der Waals surface area contributed by atoms with Crippen LogP contribution in [0.15, 0.2) is 54.6 Å². The lowest BCUT2D eigenvalue weighted by molar-refractivity contribution is -0.119. The lowest BCUT2D eigenvalue weighted by Crippen LogP contribution is -2.42. The van der Waals surface area contributed by atoms with Gasteiger partial charge in [-0.15, -0.1) is 0 Å². The zero-order chi connectivity index (χ0) is 18.8. The molecule has 0 saturated heterocycles. The summed E-state index contributed by atoms with van der Waals surface area (Å²) in [5.74, 6) is 0.701. The minimum Gasteiger partial charge on any atom is -0.494 e. The Bertz CT molecular complexity index is 740. The van der Waals surface area contributed by atoms with Gasteiger partial charge in [0.25, 0.3) is 0 Å². The quantitative estimate of drug-likeness (QED) is 0.734. The molecule has 1 unspecified atom stereocenters. The number of hydrogen-bond donors (Lipinski definition) is 1. The Morgan fingerprint density at radius 3 is 2.69 bits per heavy atom. The molecule has 2 rings (SSSR count). The van der Waals surface area contributed by atoms with Gasteiger partial charge in [-0.3, -0.25) is 4.79 Å². The lowest BCUT2D eigenvalue weighted by atomic mass is 10.2. The molecule has 136 valence electrons. The highest BCUT2D eigenvalue weighted by atomic mass is 16.5. The van der Waals surface area contributed by atoms with Crippen molar-refractivity contribution in [1.29, 1.82) is 5.26 Å². The summed E-state index contributed by atoms with van der Waals surface area (Å²) in [6.45, 7) is 4.91. The standard InChI is InChI=1S/C21H25N3O2/c1-3-15-26-20-12-7-9-18(16-20)23-17(2)21(25)24(14-8-13-22)19-10-5-4-6-11-19/h4-7,9-12,16-17,23H,3,8,14-15H2,1-2H3.